The van der Waals surface area contributed by atoms with Crippen molar-refractivity contribution in [3.05, 3.63) is 69.2 Å². The number of nitro benzene ring substituents is 1. The van der Waals surface area contributed by atoms with Crippen molar-refractivity contribution in [1.29, 1.82) is 0 Å². The Kier molecular flexibility index (Phi) is 6.49. The molecule has 1 fully saturated rings. The molecule has 0 saturated carbocycles. The predicted molar refractivity (Wildman–Crippen MR) is 123 cm³/mol. The summed E-state index contributed by atoms with van der Waals surface area (Å²) in [6, 6.07) is 10.1. The number of para-hydroxylation sites is 2. The average molecular weight is 466 g/mol. The number of carbonyl (C=O) groups is 2. The lowest BCUT2D eigenvalue weighted by Crippen LogP contribution is -2.37. The maximum absolute atomic E-state index is 12.8. The Hall–Kier alpha value is -3.95. The molecule has 0 N–H and O–H groups in total. The fraction of sp³-hybridized carbons (Fsp3) is 0.375. The van der Waals surface area contributed by atoms with Crippen LogP contribution in [0.15, 0.2) is 40.9 Å². The van der Waals surface area contributed by atoms with Crippen LogP contribution in [0, 0.1) is 36.8 Å². The van der Waals surface area contributed by atoms with E-state index in [2.05, 4.69) is 5.16 Å². The van der Waals surface area contributed by atoms with E-state index in [-0.39, 0.29) is 24.0 Å². The highest BCUT2D eigenvalue weighted by molar-refractivity contribution is 5.99. The fourth-order valence-corrected chi connectivity index (χ4v) is 4.43. The van der Waals surface area contributed by atoms with E-state index in [1.165, 1.54) is 6.07 Å². The first-order valence-electron chi connectivity index (χ1n) is 11.1. The van der Waals surface area contributed by atoms with Crippen molar-refractivity contribution in [2.24, 2.45) is 5.92 Å². The first-order chi connectivity index (χ1) is 16.3. The van der Waals surface area contributed by atoms with Crippen LogP contribution in [0.4, 0.5) is 11.4 Å². The standard InChI is InChI=1S/C24H26N4O6/c1-15-12-19(17(3)27(15)23-13-16(2)34-25-23)22(29)14-33-24(30)18-8-10-26(11-9-18)20-6-4-5-7-21(20)28(31)32/h4-7,12-13,18H,8-11,14H2,1-3H3. The van der Waals surface area contributed by atoms with Gasteiger partial charge in [-0.1, -0.05) is 17.3 Å². The van der Waals surface area contributed by atoms with Crippen LogP contribution in [0.2, 0.25) is 0 Å². The lowest BCUT2D eigenvalue weighted by molar-refractivity contribution is -0.384. The summed E-state index contributed by atoms with van der Waals surface area (Å²) in [5.41, 5.74) is 2.59. The number of ether oxygens (including phenoxy) is 1. The third-order valence-electron chi connectivity index (χ3n) is 6.17. The monoisotopic (exact) mass is 466 g/mol. The lowest BCUT2D eigenvalue weighted by atomic mass is 9.96. The maximum atomic E-state index is 12.8. The summed E-state index contributed by atoms with van der Waals surface area (Å²) >= 11 is 0. The van der Waals surface area contributed by atoms with Crippen LogP contribution in [0.1, 0.15) is 40.3 Å². The molecule has 0 bridgehead atoms. The lowest BCUT2D eigenvalue weighted by Gasteiger charge is -2.32. The normalized spacial score (nSPS) is 14.3. The molecule has 3 aromatic rings. The molecule has 10 nitrogen and oxygen atoms in total. The Morgan fingerprint density at radius 3 is 2.53 bits per heavy atom. The number of aryl methyl sites for hydroxylation is 2. The van der Waals surface area contributed by atoms with E-state index in [4.69, 9.17) is 9.26 Å². The summed E-state index contributed by atoms with van der Waals surface area (Å²) in [7, 11) is 0. The number of Topliss-reactive ketones (excluding diaryl/α,β-unsaturated/α-hetero) is 1. The molecular weight excluding hydrogens is 440 g/mol. The molecule has 178 valence electrons. The van der Waals surface area contributed by atoms with Crippen LogP contribution < -0.4 is 4.90 Å². The molecule has 0 atom stereocenters. The number of carbonyl (C=O) groups excluding carboxylic acids is 2. The van der Waals surface area contributed by atoms with Crippen molar-refractivity contribution >= 4 is 23.1 Å². The van der Waals surface area contributed by atoms with Crippen molar-refractivity contribution in [3.8, 4) is 5.82 Å². The van der Waals surface area contributed by atoms with Gasteiger partial charge in [0.2, 0.25) is 5.78 Å². The molecular formula is C24H26N4O6. The van der Waals surface area contributed by atoms with Crippen LogP contribution in [0.3, 0.4) is 0 Å². The SMILES string of the molecule is Cc1cc(-n2c(C)cc(C(=O)COC(=O)C3CCN(c4ccccc4[N+](=O)[O-])CC3)c2C)no1. The minimum absolute atomic E-state index is 0.0486. The van der Waals surface area contributed by atoms with E-state index >= 15 is 0 Å². The number of nitro groups is 1. The Morgan fingerprint density at radius 2 is 1.88 bits per heavy atom. The van der Waals surface area contributed by atoms with Gasteiger partial charge in [-0.15, -0.1) is 0 Å². The van der Waals surface area contributed by atoms with Crippen molar-refractivity contribution in [2.75, 3.05) is 24.6 Å². The van der Waals surface area contributed by atoms with Crippen molar-refractivity contribution in [3.63, 3.8) is 0 Å². The van der Waals surface area contributed by atoms with E-state index in [1.54, 1.807) is 37.3 Å². The zero-order valence-electron chi connectivity index (χ0n) is 19.3. The van der Waals surface area contributed by atoms with Crippen LogP contribution in [0.5, 0.6) is 0 Å². The zero-order chi connectivity index (χ0) is 24.4. The summed E-state index contributed by atoms with van der Waals surface area (Å²) in [4.78, 5) is 38.2. The molecule has 1 saturated heterocycles. The van der Waals surface area contributed by atoms with Gasteiger partial charge in [0.1, 0.15) is 11.4 Å². The summed E-state index contributed by atoms with van der Waals surface area (Å²) in [6.45, 7) is 6.12. The van der Waals surface area contributed by atoms with Crippen molar-refractivity contribution < 1.29 is 23.8 Å². The largest absolute Gasteiger partial charge is 0.457 e. The molecule has 0 unspecified atom stereocenters. The molecule has 1 aromatic carbocycles. The van der Waals surface area contributed by atoms with Gasteiger partial charge in [0, 0.05) is 42.2 Å². The van der Waals surface area contributed by atoms with Gasteiger partial charge in [-0.2, -0.15) is 0 Å². The Morgan fingerprint density at radius 1 is 1.18 bits per heavy atom. The number of ketones is 1. The van der Waals surface area contributed by atoms with Gasteiger partial charge < -0.3 is 14.2 Å². The van der Waals surface area contributed by atoms with Gasteiger partial charge in [0.15, 0.2) is 12.4 Å². The van der Waals surface area contributed by atoms with Crippen LogP contribution in [0.25, 0.3) is 5.82 Å². The van der Waals surface area contributed by atoms with Crippen LogP contribution >= 0.6 is 0 Å². The van der Waals surface area contributed by atoms with Crippen molar-refractivity contribution in [2.45, 2.75) is 33.6 Å². The summed E-state index contributed by atoms with van der Waals surface area (Å²) in [5, 5.41) is 15.3. The summed E-state index contributed by atoms with van der Waals surface area (Å²) < 4.78 is 12.3. The summed E-state index contributed by atoms with van der Waals surface area (Å²) in [5.74, 6) is 0.199. The second kappa shape index (κ2) is 9.50. The van der Waals surface area contributed by atoms with Crippen LogP contribution in [-0.4, -0.2) is 46.1 Å². The van der Waals surface area contributed by atoms with Gasteiger partial charge in [-0.05, 0) is 45.7 Å². The number of anilines is 1. The Balaban J connectivity index is 1.35. The van der Waals surface area contributed by atoms with E-state index in [0.717, 1.165) is 5.69 Å². The number of aromatic nitrogens is 2. The Labute approximate surface area is 196 Å². The van der Waals surface area contributed by atoms with Gasteiger partial charge in [-0.25, -0.2) is 0 Å². The molecule has 2 aromatic heterocycles. The van der Waals surface area contributed by atoms with E-state index in [1.807, 2.05) is 23.3 Å². The summed E-state index contributed by atoms with van der Waals surface area (Å²) in [6.07, 6.45) is 0.998. The zero-order valence-corrected chi connectivity index (χ0v) is 19.3. The number of rotatable bonds is 7. The molecule has 0 spiro atoms. The van der Waals surface area contributed by atoms with Gasteiger partial charge in [-0.3, -0.25) is 24.3 Å². The number of piperidine rings is 1. The molecule has 4 rings (SSSR count). The van der Waals surface area contributed by atoms with E-state index in [9.17, 15) is 19.7 Å². The third-order valence-corrected chi connectivity index (χ3v) is 6.17. The second-order valence-corrected chi connectivity index (χ2v) is 8.45. The minimum atomic E-state index is -0.420. The smallest absolute Gasteiger partial charge is 0.309 e. The van der Waals surface area contributed by atoms with Crippen molar-refractivity contribution in [1.82, 2.24) is 9.72 Å². The van der Waals surface area contributed by atoms with Gasteiger partial charge in [0.05, 0.1) is 10.8 Å². The van der Waals surface area contributed by atoms with E-state index in [0.29, 0.717) is 54.5 Å². The number of esters is 1. The fourth-order valence-electron chi connectivity index (χ4n) is 4.43. The predicted octanol–water partition coefficient (Wildman–Crippen LogP) is 3.94. The molecule has 0 amide bonds. The molecule has 34 heavy (non-hydrogen) atoms. The number of benzene rings is 1. The quantitative estimate of drug-likeness (QED) is 0.222. The van der Waals surface area contributed by atoms with Crippen LogP contribution in [-0.2, 0) is 9.53 Å². The average Bonchev–Trinajstić information content (AvgIpc) is 3.38. The van der Waals surface area contributed by atoms with Gasteiger partial charge in [0.25, 0.3) is 5.69 Å². The number of hydrogen-bond donors (Lipinski definition) is 0. The molecule has 0 aliphatic carbocycles. The first kappa shape index (κ1) is 23.2. The van der Waals surface area contributed by atoms with E-state index < -0.39 is 10.9 Å². The highest BCUT2D eigenvalue weighted by Gasteiger charge is 2.29. The number of nitrogens with zero attached hydrogens (tertiary/aromatic N) is 4. The molecule has 1 aliphatic heterocycles. The molecule has 3 heterocycles. The first-order valence-corrected chi connectivity index (χ1v) is 11.1. The highest BCUT2D eigenvalue weighted by Crippen LogP contribution is 2.31. The topological polar surface area (TPSA) is 121 Å². The minimum Gasteiger partial charge on any atom is -0.457 e. The third kappa shape index (κ3) is 4.57. The molecule has 1 aliphatic rings. The maximum Gasteiger partial charge on any atom is 0.309 e. The number of hydrogen-bond acceptors (Lipinski definition) is 8. The Bertz CT molecular complexity index is 1240. The van der Waals surface area contributed by atoms with Gasteiger partial charge >= 0.3 is 5.97 Å². The molecule has 10 heteroatoms. The molecule has 0 radical (unpaired) electrons. The second-order valence-electron chi connectivity index (χ2n) is 8.45. The highest BCUT2D eigenvalue weighted by atomic mass is 16.6.